The second-order valence-corrected chi connectivity index (χ2v) is 4.60. The number of hydrogen-bond donors (Lipinski definition) is 1. The van der Waals surface area contributed by atoms with Gasteiger partial charge in [0.15, 0.2) is 5.41 Å². The number of hydrogen-bond acceptors (Lipinski definition) is 3. The molecule has 1 atom stereocenters. The van der Waals surface area contributed by atoms with Crippen LogP contribution in [0.25, 0.3) is 0 Å². The number of rotatable bonds is 5. The van der Waals surface area contributed by atoms with Crippen molar-refractivity contribution in [3.8, 4) is 0 Å². The third-order valence-corrected chi connectivity index (χ3v) is 2.88. The maximum atomic E-state index is 11.8. The van der Waals surface area contributed by atoms with Crippen molar-refractivity contribution in [3.63, 3.8) is 0 Å². The summed E-state index contributed by atoms with van der Waals surface area (Å²) in [7, 11) is 0. The van der Waals surface area contributed by atoms with E-state index in [4.69, 9.17) is 16.3 Å². The van der Waals surface area contributed by atoms with Gasteiger partial charge in [-0.05, 0) is 38.0 Å². The predicted molar refractivity (Wildman–Crippen MR) is 67.5 cm³/mol. The molecular formula is C13H15ClO4. The molecule has 0 spiro atoms. The fourth-order valence-electron chi connectivity index (χ4n) is 1.58. The minimum atomic E-state index is -1.60. The second kappa shape index (κ2) is 5.87. The molecule has 0 aliphatic carbocycles. The molecule has 0 aliphatic rings. The topological polar surface area (TPSA) is 63.6 Å². The van der Waals surface area contributed by atoms with E-state index in [2.05, 4.69) is 0 Å². The van der Waals surface area contributed by atoms with Gasteiger partial charge in [0.25, 0.3) is 0 Å². The molecule has 0 saturated heterocycles. The first-order chi connectivity index (χ1) is 8.40. The van der Waals surface area contributed by atoms with Crippen molar-refractivity contribution in [2.45, 2.75) is 20.3 Å². The molecule has 98 valence electrons. The summed E-state index contributed by atoms with van der Waals surface area (Å²) < 4.78 is 4.82. The Bertz CT molecular complexity index is 458. The molecule has 0 aromatic heterocycles. The summed E-state index contributed by atoms with van der Waals surface area (Å²) in [6, 6.07) is 6.77. The van der Waals surface area contributed by atoms with E-state index in [9.17, 15) is 14.7 Å². The van der Waals surface area contributed by atoms with E-state index in [0.29, 0.717) is 10.6 Å². The van der Waals surface area contributed by atoms with Crippen LogP contribution in [0, 0.1) is 5.41 Å². The Hall–Kier alpha value is -1.55. The number of carboxylic acids is 1. The van der Waals surface area contributed by atoms with Crippen molar-refractivity contribution >= 4 is 23.5 Å². The van der Waals surface area contributed by atoms with Crippen molar-refractivity contribution in [1.82, 2.24) is 0 Å². The highest BCUT2D eigenvalue weighted by atomic mass is 35.5. The first kappa shape index (κ1) is 14.5. The van der Waals surface area contributed by atoms with Gasteiger partial charge in [-0.1, -0.05) is 23.7 Å². The van der Waals surface area contributed by atoms with Crippen LogP contribution in [0.5, 0.6) is 0 Å². The van der Waals surface area contributed by atoms with Crippen LogP contribution in [0.15, 0.2) is 24.3 Å². The van der Waals surface area contributed by atoms with Crippen LogP contribution in [0.4, 0.5) is 0 Å². The minimum Gasteiger partial charge on any atom is -0.480 e. The summed E-state index contributed by atoms with van der Waals surface area (Å²) in [5, 5.41) is 9.73. The molecule has 5 heteroatoms. The van der Waals surface area contributed by atoms with Crippen LogP contribution in [0.3, 0.4) is 0 Å². The van der Waals surface area contributed by atoms with Crippen LogP contribution in [0.1, 0.15) is 19.4 Å². The summed E-state index contributed by atoms with van der Waals surface area (Å²) in [5.74, 6) is -1.95. The molecule has 0 amide bonds. The van der Waals surface area contributed by atoms with Crippen molar-refractivity contribution in [1.29, 1.82) is 0 Å². The molecule has 0 saturated carbocycles. The zero-order valence-electron chi connectivity index (χ0n) is 10.3. The van der Waals surface area contributed by atoms with Crippen molar-refractivity contribution in [3.05, 3.63) is 34.9 Å². The van der Waals surface area contributed by atoms with Crippen molar-refractivity contribution in [2.75, 3.05) is 6.61 Å². The maximum absolute atomic E-state index is 11.8. The van der Waals surface area contributed by atoms with Gasteiger partial charge in [-0.3, -0.25) is 9.59 Å². The van der Waals surface area contributed by atoms with E-state index in [0.717, 1.165) is 0 Å². The van der Waals surface area contributed by atoms with Gasteiger partial charge >= 0.3 is 11.9 Å². The molecule has 1 aromatic carbocycles. The smallest absolute Gasteiger partial charge is 0.323 e. The Labute approximate surface area is 111 Å². The highest BCUT2D eigenvalue weighted by Gasteiger charge is 2.43. The summed E-state index contributed by atoms with van der Waals surface area (Å²) >= 11 is 5.83. The number of esters is 1. The Balaban J connectivity index is 3.00. The summed E-state index contributed by atoms with van der Waals surface area (Å²) in [6.07, 6.45) is 0.0434. The van der Waals surface area contributed by atoms with Crippen molar-refractivity contribution in [2.24, 2.45) is 5.41 Å². The third kappa shape index (κ3) is 3.23. The largest absolute Gasteiger partial charge is 0.480 e. The van der Waals surface area contributed by atoms with Gasteiger partial charge in [0.1, 0.15) is 0 Å². The average molecular weight is 271 g/mol. The number of aliphatic carboxylic acids is 1. The maximum Gasteiger partial charge on any atom is 0.323 e. The number of halogens is 1. The molecule has 0 fully saturated rings. The normalized spacial score (nSPS) is 13.7. The Morgan fingerprint density at radius 3 is 2.61 bits per heavy atom. The number of benzene rings is 1. The van der Waals surface area contributed by atoms with Gasteiger partial charge in [0.2, 0.25) is 0 Å². The van der Waals surface area contributed by atoms with Gasteiger partial charge in [0, 0.05) is 5.02 Å². The van der Waals surface area contributed by atoms with Gasteiger partial charge in [-0.2, -0.15) is 0 Å². The molecule has 1 aromatic rings. The van der Waals surface area contributed by atoms with Crippen molar-refractivity contribution < 1.29 is 19.4 Å². The number of ether oxygens (including phenoxy) is 1. The lowest BCUT2D eigenvalue weighted by Gasteiger charge is -2.22. The first-order valence-electron chi connectivity index (χ1n) is 5.55. The molecule has 1 rings (SSSR count). The van der Waals surface area contributed by atoms with Crippen LogP contribution in [0.2, 0.25) is 5.02 Å². The first-order valence-corrected chi connectivity index (χ1v) is 5.93. The van der Waals surface area contributed by atoms with E-state index in [1.807, 2.05) is 0 Å². The second-order valence-electron chi connectivity index (χ2n) is 4.16. The molecule has 0 radical (unpaired) electrons. The molecule has 1 N–H and O–H groups in total. The lowest BCUT2D eigenvalue weighted by Crippen LogP contribution is -2.40. The van der Waals surface area contributed by atoms with E-state index in [1.54, 1.807) is 31.2 Å². The van der Waals surface area contributed by atoms with Crippen LogP contribution >= 0.6 is 11.6 Å². The Kier molecular flexibility index (Phi) is 4.73. The quantitative estimate of drug-likeness (QED) is 0.660. The number of carbonyl (C=O) groups excluding carboxylic acids is 1. The predicted octanol–water partition coefficient (Wildman–Crippen LogP) is 2.54. The van der Waals surface area contributed by atoms with E-state index in [-0.39, 0.29) is 13.0 Å². The van der Waals surface area contributed by atoms with E-state index >= 15 is 0 Å². The zero-order chi connectivity index (χ0) is 13.8. The molecule has 18 heavy (non-hydrogen) atoms. The third-order valence-electron chi connectivity index (χ3n) is 2.64. The van der Waals surface area contributed by atoms with Gasteiger partial charge in [-0.15, -0.1) is 0 Å². The molecular weight excluding hydrogens is 256 g/mol. The summed E-state index contributed by atoms with van der Waals surface area (Å²) in [5.41, 5.74) is -0.916. The van der Waals surface area contributed by atoms with Crippen LogP contribution in [-0.4, -0.2) is 23.7 Å². The lowest BCUT2D eigenvalue weighted by molar-refractivity contribution is -0.167. The van der Waals surface area contributed by atoms with Gasteiger partial charge in [0.05, 0.1) is 6.61 Å². The molecule has 4 nitrogen and oxygen atoms in total. The number of carboxylic acid groups (broad SMARTS) is 1. The highest BCUT2D eigenvalue weighted by Crippen LogP contribution is 2.26. The van der Waals surface area contributed by atoms with E-state index in [1.165, 1.54) is 6.92 Å². The average Bonchev–Trinajstić information content (AvgIpc) is 2.28. The fourth-order valence-corrected chi connectivity index (χ4v) is 1.79. The molecule has 1 unspecified atom stereocenters. The van der Waals surface area contributed by atoms with Crippen LogP contribution < -0.4 is 0 Å². The van der Waals surface area contributed by atoms with E-state index < -0.39 is 17.4 Å². The summed E-state index contributed by atoms with van der Waals surface area (Å²) in [6.45, 7) is 3.14. The standard InChI is InChI=1S/C13H15ClO4/c1-3-18-12(17)13(2,11(15)16)8-9-5-4-6-10(14)7-9/h4-7H,3,8H2,1-2H3,(H,15,16). The molecule has 0 bridgehead atoms. The van der Waals surface area contributed by atoms with Crippen LogP contribution in [-0.2, 0) is 20.7 Å². The fraction of sp³-hybridized carbons (Fsp3) is 0.385. The Morgan fingerprint density at radius 2 is 2.11 bits per heavy atom. The monoisotopic (exact) mass is 270 g/mol. The number of carbonyl (C=O) groups is 2. The zero-order valence-corrected chi connectivity index (χ0v) is 11.0. The Morgan fingerprint density at radius 1 is 1.44 bits per heavy atom. The molecule has 0 aliphatic heterocycles. The minimum absolute atomic E-state index is 0.0434. The van der Waals surface area contributed by atoms with Gasteiger partial charge < -0.3 is 9.84 Å². The SMILES string of the molecule is CCOC(=O)C(C)(Cc1cccc(Cl)c1)C(=O)O. The molecule has 0 heterocycles. The summed E-state index contributed by atoms with van der Waals surface area (Å²) in [4.78, 5) is 23.1. The highest BCUT2D eigenvalue weighted by molar-refractivity contribution is 6.30. The lowest BCUT2D eigenvalue weighted by atomic mass is 9.83. The van der Waals surface area contributed by atoms with Gasteiger partial charge in [-0.25, -0.2) is 0 Å².